The van der Waals surface area contributed by atoms with Crippen LogP contribution in [0.2, 0.25) is 0 Å². The van der Waals surface area contributed by atoms with Gasteiger partial charge < -0.3 is 5.32 Å². The van der Waals surface area contributed by atoms with Gasteiger partial charge in [-0.25, -0.2) is 0 Å². The van der Waals surface area contributed by atoms with Gasteiger partial charge in [-0.15, -0.1) is 0 Å². The Labute approximate surface area is 122 Å². The van der Waals surface area contributed by atoms with Crippen molar-refractivity contribution in [2.75, 3.05) is 0 Å². The fourth-order valence-electron chi connectivity index (χ4n) is 2.48. The number of benzene rings is 1. The molecule has 1 atom stereocenters. The molecule has 20 heavy (non-hydrogen) atoms. The Morgan fingerprint density at radius 1 is 1.15 bits per heavy atom. The maximum atomic E-state index is 4.46. The summed E-state index contributed by atoms with van der Waals surface area (Å²) in [6.07, 6.45) is 0. The minimum Gasteiger partial charge on any atom is -0.306 e. The molecule has 0 spiro atoms. The second-order valence-corrected chi connectivity index (χ2v) is 5.72. The number of hydrogen-bond donors (Lipinski definition) is 1. The molecular weight excluding hydrogens is 246 g/mol. The largest absolute Gasteiger partial charge is 0.306 e. The molecule has 3 nitrogen and oxygen atoms in total. The van der Waals surface area contributed by atoms with E-state index in [1.807, 2.05) is 11.7 Å². The highest BCUT2D eigenvalue weighted by atomic mass is 15.3. The van der Waals surface area contributed by atoms with Crippen molar-refractivity contribution < 1.29 is 0 Å². The topological polar surface area (TPSA) is 29.9 Å². The molecular formula is C17H25N3. The van der Waals surface area contributed by atoms with E-state index >= 15 is 0 Å². The van der Waals surface area contributed by atoms with Gasteiger partial charge in [0.1, 0.15) is 0 Å². The molecule has 0 amide bonds. The first kappa shape index (κ1) is 14.8. The average molecular weight is 271 g/mol. The molecule has 3 heteroatoms. The molecule has 0 aliphatic rings. The lowest BCUT2D eigenvalue weighted by molar-refractivity contribution is 0.571. The van der Waals surface area contributed by atoms with E-state index in [1.54, 1.807) is 0 Å². The summed E-state index contributed by atoms with van der Waals surface area (Å²) in [4.78, 5) is 0. The Bertz CT molecular complexity index is 611. The fourth-order valence-corrected chi connectivity index (χ4v) is 2.48. The number of aryl methyl sites for hydroxylation is 4. The predicted molar refractivity (Wildman–Crippen MR) is 83.9 cm³/mol. The first-order valence-electron chi connectivity index (χ1n) is 7.19. The van der Waals surface area contributed by atoms with Crippen molar-refractivity contribution in [3.8, 4) is 0 Å². The second-order valence-electron chi connectivity index (χ2n) is 5.72. The van der Waals surface area contributed by atoms with E-state index in [0.717, 1.165) is 12.2 Å². The van der Waals surface area contributed by atoms with E-state index < -0.39 is 0 Å². The van der Waals surface area contributed by atoms with Crippen LogP contribution in [0.15, 0.2) is 18.2 Å². The molecule has 1 aromatic carbocycles. The zero-order valence-electron chi connectivity index (χ0n) is 13.4. The van der Waals surface area contributed by atoms with Crippen LogP contribution in [0.5, 0.6) is 0 Å². The molecule has 1 unspecified atom stereocenters. The molecule has 1 aromatic heterocycles. The van der Waals surface area contributed by atoms with Crippen LogP contribution in [0.3, 0.4) is 0 Å². The van der Waals surface area contributed by atoms with Crippen LogP contribution < -0.4 is 5.32 Å². The van der Waals surface area contributed by atoms with Gasteiger partial charge in [-0.2, -0.15) is 5.10 Å². The zero-order chi connectivity index (χ0) is 14.9. The summed E-state index contributed by atoms with van der Waals surface area (Å²) in [7, 11) is 2.00. The molecule has 2 aromatic rings. The third-order valence-electron chi connectivity index (χ3n) is 4.27. The molecule has 108 valence electrons. The zero-order valence-corrected chi connectivity index (χ0v) is 13.4. The Balaban J connectivity index is 2.08. The highest BCUT2D eigenvalue weighted by molar-refractivity contribution is 5.32. The quantitative estimate of drug-likeness (QED) is 0.922. The van der Waals surface area contributed by atoms with Crippen molar-refractivity contribution in [1.82, 2.24) is 15.1 Å². The van der Waals surface area contributed by atoms with Crippen LogP contribution in [0.1, 0.15) is 46.6 Å². The van der Waals surface area contributed by atoms with Crippen LogP contribution in [0.25, 0.3) is 0 Å². The van der Waals surface area contributed by atoms with Crippen LogP contribution in [-0.2, 0) is 13.6 Å². The minimum absolute atomic E-state index is 0.341. The third kappa shape index (κ3) is 2.93. The summed E-state index contributed by atoms with van der Waals surface area (Å²) in [5.74, 6) is 0. The number of nitrogens with zero attached hydrogens (tertiary/aromatic N) is 2. The lowest BCUT2D eigenvalue weighted by atomic mass is 10.0. The highest BCUT2D eigenvalue weighted by Crippen LogP contribution is 2.18. The first-order valence-corrected chi connectivity index (χ1v) is 7.19. The van der Waals surface area contributed by atoms with Gasteiger partial charge in [0.2, 0.25) is 0 Å². The van der Waals surface area contributed by atoms with E-state index in [0.29, 0.717) is 6.04 Å². The summed E-state index contributed by atoms with van der Waals surface area (Å²) >= 11 is 0. The van der Waals surface area contributed by atoms with Crippen LogP contribution >= 0.6 is 0 Å². The molecule has 0 saturated heterocycles. The van der Waals surface area contributed by atoms with Gasteiger partial charge in [0, 0.05) is 30.9 Å². The lowest BCUT2D eigenvalue weighted by Crippen LogP contribution is -2.19. The third-order valence-corrected chi connectivity index (χ3v) is 4.27. The molecule has 0 aliphatic heterocycles. The smallest absolute Gasteiger partial charge is 0.0641 e. The summed E-state index contributed by atoms with van der Waals surface area (Å²) in [6, 6.07) is 7.02. The van der Waals surface area contributed by atoms with Gasteiger partial charge in [0.25, 0.3) is 0 Å². The van der Waals surface area contributed by atoms with Gasteiger partial charge in [0.15, 0.2) is 0 Å². The van der Waals surface area contributed by atoms with E-state index in [4.69, 9.17) is 0 Å². The molecule has 0 bridgehead atoms. The Morgan fingerprint density at radius 2 is 1.85 bits per heavy atom. The van der Waals surface area contributed by atoms with Gasteiger partial charge >= 0.3 is 0 Å². The lowest BCUT2D eigenvalue weighted by Gasteiger charge is -2.16. The van der Waals surface area contributed by atoms with E-state index in [1.165, 1.54) is 27.9 Å². The monoisotopic (exact) mass is 271 g/mol. The number of rotatable bonds is 4. The second kappa shape index (κ2) is 5.80. The molecule has 0 radical (unpaired) electrons. The Morgan fingerprint density at radius 3 is 2.40 bits per heavy atom. The summed E-state index contributed by atoms with van der Waals surface area (Å²) in [6.45, 7) is 11.6. The van der Waals surface area contributed by atoms with Crippen LogP contribution in [0, 0.1) is 27.7 Å². The van der Waals surface area contributed by atoms with Gasteiger partial charge in [-0.1, -0.05) is 18.2 Å². The summed E-state index contributed by atoms with van der Waals surface area (Å²) < 4.78 is 1.95. The standard InChI is InChI=1S/C17H25N3/c1-11-7-8-16(9-12(11)2)13(3)18-10-17-14(4)19-20(6)15(17)5/h7-9,13,18H,10H2,1-6H3. The Kier molecular flexibility index (Phi) is 4.29. The summed E-state index contributed by atoms with van der Waals surface area (Å²) in [5.41, 5.74) is 7.70. The predicted octanol–water partition coefficient (Wildman–Crippen LogP) is 3.50. The summed E-state index contributed by atoms with van der Waals surface area (Å²) in [5, 5.41) is 8.07. The van der Waals surface area contributed by atoms with E-state index in [2.05, 4.69) is 63.2 Å². The maximum absolute atomic E-state index is 4.46. The van der Waals surface area contributed by atoms with Crippen molar-refractivity contribution in [1.29, 1.82) is 0 Å². The Hall–Kier alpha value is -1.61. The first-order chi connectivity index (χ1) is 9.40. The normalized spacial score (nSPS) is 12.7. The molecule has 1 heterocycles. The minimum atomic E-state index is 0.341. The number of hydrogen-bond acceptors (Lipinski definition) is 2. The van der Waals surface area contributed by atoms with Crippen LogP contribution in [0.4, 0.5) is 0 Å². The SMILES string of the molecule is Cc1ccc(C(C)NCc2c(C)nn(C)c2C)cc1C. The van der Waals surface area contributed by atoms with Crippen molar-refractivity contribution >= 4 is 0 Å². The highest BCUT2D eigenvalue weighted by Gasteiger charge is 2.11. The fraction of sp³-hybridized carbons (Fsp3) is 0.471. The van der Waals surface area contributed by atoms with Gasteiger partial charge in [-0.05, 0) is 51.3 Å². The van der Waals surface area contributed by atoms with Crippen LogP contribution in [-0.4, -0.2) is 9.78 Å². The van der Waals surface area contributed by atoms with Crippen molar-refractivity contribution in [2.24, 2.45) is 7.05 Å². The average Bonchev–Trinajstić information content (AvgIpc) is 2.64. The van der Waals surface area contributed by atoms with Gasteiger partial charge in [-0.3, -0.25) is 4.68 Å². The van der Waals surface area contributed by atoms with E-state index in [-0.39, 0.29) is 0 Å². The molecule has 0 saturated carbocycles. The molecule has 0 aliphatic carbocycles. The van der Waals surface area contributed by atoms with E-state index in [9.17, 15) is 0 Å². The van der Waals surface area contributed by atoms with Crippen molar-refractivity contribution in [2.45, 2.75) is 47.2 Å². The molecule has 0 fully saturated rings. The van der Waals surface area contributed by atoms with Gasteiger partial charge in [0.05, 0.1) is 5.69 Å². The van der Waals surface area contributed by atoms with Crippen molar-refractivity contribution in [3.05, 3.63) is 51.8 Å². The maximum Gasteiger partial charge on any atom is 0.0641 e. The molecule has 1 N–H and O–H groups in total. The number of nitrogens with one attached hydrogen (secondary N) is 1. The number of aromatic nitrogens is 2. The molecule has 2 rings (SSSR count). The van der Waals surface area contributed by atoms with Crippen molar-refractivity contribution in [3.63, 3.8) is 0 Å².